The van der Waals surface area contributed by atoms with Gasteiger partial charge in [-0.25, -0.2) is 4.98 Å². The number of nitrogens with zero attached hydrogens (tertiary/aromatic N) is 2. The highest BCUT2D eigenvalue weighted by atomic mass is 19.1. The van der Waals surface area contributed by atoms with Gasteiger partial charge in [0.25, 0.3) is 0 Å². The van der Waals surface area contributed by atoms with Crippen LogP contribution < -0.4 is 9.64 Å². The van der Waals surface area contributed by atoms with Gasteiger partial charge < -0.3 is 9.64 Å². The Morgan fingerprint density at radius 2 is 2.05 bits per heavy atom. The third kappa shape index (κ3) is 2.26. The first kappa shape index (κ1) is 12.0. The zero-order chi connectivity index (χ0) is 13.2. The van der Waals surface area contributed by atoms with Crippen molar-refractivity contribution < 1.29 is 9.13 Å². The standard InChI is InChI=1S/C15H15FN2O/c1-19-13-5-2-4-11-10-18(9-8-12(11)13)15-7-3-6-14(16)17-15/h2-7H,8-10H2,1H3. The van der Waals surface area contributed by atoms with Crippen molar-refractivity contribution in [1.29, 1.82) is 0 Å². The topological polar surface area (TPSA) is 25.4 Å². The summed E-state index contributed by atoms with van der Waals surface area (Å²) in [6.07, 6.45) is 0.886. The molecule has 98 valence electrons. The van der Waals surface area contributed by atoms with Crippen LogP contribution in [0.15, 0.2) is 36.4 Å². The van der Waals surface area contributed by atoms with Gasteiger partial charge in [-0.05, 0) is 30.2 Å². The molecule has 0 aliphatic carbocycles. The monoisotopic (exact) mass is 258 g/mol. The number of ether oxygens (including phenoxy) is 1. The smallest absolute Gasteiger partial charge is 0.214 e. The Bertz CT molecular complexity index is 600. The molecule has 0 amide bonds. The quantitative estimate of drug-likeness (QED) is 0.774. The van der Waals surface area contributed by atoms with Gasteiger partial charge in [0.15, 0.2) is 0 Å². The minimum atomic E-state index is -0.436. The maximum absolute atomic E-state index is 13.2. The van der Waals surface area contributed by atoms with Crippen molar-refractivity contribution in [1.82, 2.24) is 4.98 Å². The Morgan fingerprint density at radius 1 is 1.21 bits per heavy atom. The van der Waals surface area contributed by atoms with E-state index in [1.807, 2.05) is 18.2 Å². The highest BCUT2D eigenvalue weighted by Crippen LogP contribution is 2.29. The average Bonchev–Trinajstić information content (AvgIpc) is 2.46. The number of halogens is 1. The predicted molar refractivity (Wildman–Crippen MR) is 71.9 cm³/mol. The van der Waals surface area contributed by atoms with Crippen LogP contribution in [0.1, 0.15) is 11.1 Å². The maximum atomic E-state index is 13.2. The molecule has 3 nitrogen and oxygen atoms in total. The van der Waals surface area contributed by atoms with Gasteiger partial charge in [0, 0.05) is 18.7 Å². The van der Waals surface area contributed by atoms with Gasteiger partial charge in [-0.2, -0.15) is 4.39 Å². The van der Waals surface area contributed by atoms with Crippen LogP contribution in [0, 0.1) is 5.95 Å². The number of fused-ring (bicyclic) bond motifs is 1. The fraction of sp³-hybridized carbons (Fsp3) is 0.267. The Labute approximate surface area is 111 Å². The number of pyridine rings is 1. The van der Waals surface area contributed by atoms with Crippen LogP contribution >= 0.6 is 0 Å². The van der Waals surface area contributed by atoms with Crippen LogP contribution in [-0.2, 0) is 13.0 Å². The molecular formula is C15H15FN2O. The van der Waals surface area contributed by atoms with Crippen LogP contribution in [0.25, 0.3) is 0 Å². The molecule has 0 saturated carbocycles. The van der Waals surface area contributed by atoms with Gasteiger partial charge in [-0.1, -0.05) is 18.2 Å². The first-order chi connectivity index (χ1) is 9.28. The van der Waals surface area contributed by atoms with Crippen LogP contribution in [-0.4, -0.2) is 18.6 Å². The molecule has 2 aromatic rings. The summed E-state index contributed by atoms with van der Waals surface area (Å²) in [5, 5.41) is 0. The molecule has 1 aliphatic heterocycles. The predicted octanol–water partition coefficient (Wildman–Crippen LogP) is 2.79. The molecule has 4 heteroatoms. The number of benzene rings is 1. The highest BCUT2D eigenvalue weighted by Gasteiger charge is 2.20. The summed E-state index contributed by atoms with van der Waals surface area (Å²) < 4.78 is 18.6. The van der Waals surface area contributed by atoms with Gasteiger partial charge >= 0.3 is 0 Å². The van der Waals surface area contributed by atoms with Gasteiger partial charge in [-0.3, -0.25) is 0 Å². The third-order valence-electron chi connectivity index (χ3n) is 3.47. The van der Waals surface area contributed by atoms with Crippen LogP contribution in [0.3, 0.4) is 0 Å². The summed E-state index contributed by atoms with van der Waals surface area (Å²) in [5.41, 5.74) is 2.47. The van der Waals surface area contributed by atoms with E-state index in [2.05, 4.69) is 16.0 Å². The molecule has 0 spiro atoms. The number of hydrogen-bond acceptors (Lipinski definition) is 3. The Balaban J connectivity index is 1.90. The van der Waals surface area contributed by atoms with E-state index in [1.165, 1.54) is 17.2 Å². The average molecular weight is 258 g/mol. The van der Waals surface area contributed by atoms with E-state index in [-0.39, 0.29) is 0 Å². The molecule has 0 atom stereocenters. The Kier molecular flexibility index (Phi) is 3.07. The molecule has 0 unspecified atom stereocenters. The first-order valence-electron chi connectivity index (χ1n) is 6.30. The zero-order valence-corrected chi connectivity index (χ0v) is 10.8. The fourth-order valence-electron chi connectivity index (χ4n) is 2.53. The second-order valence-corrected chi connectivity index (χ2v) is 4.59. The second kappa shape index (κ2) is 4.88. The van der Waals surface area contributed by atoms with E-state index in [0.29, 0.717) is 5.82 Å². The molecule has 1 aromatic carbocycles. The lowest BCUT2D eigenvalue weighted by Gasteiger charge is -2.30. The Morgan fingerprint density at radius 3 is 2.84 bits per heavy atom. The Hall–Kier alpha value is -2.10. The van der Waals surface area contributed by atoms with Gasteiger partial charge in [0.2, 0.25) is 5.95 Å². The van der Waals surface area contributed by atoms with Gasteiger partial charge in [0.05, 0.1) is 7.11 Å². The molecule has 19 heavy (non-hydrogen) atoms. The third-order valence-corrected chi connectivity index (χ3v) is 3.47. The second-order valence-electron chi connectivity index (χ2n) is 4.59. The molecule has 0 bridgehead atoms. The molecule has 2 heterocycles. The van der Waals surface area contributed by atoms with E-state index in [1.54, 1.807) is 13.2 Å². The summed E-state index contributed by atoms with van der Waals surface area (Å²) in [4.78, 5) is 6.03. The molecule has 1 aromatic heterocycles. The zero-order valence-electron chi connectivity index (χ0n) is 10.8. The van der Waals surface area contributed by atoms with E-state index >= 15 is 0 Å². The van der Waals surface area contributed by atoms with Crippen molar-refractivity contribution in [3.8, 4) is 5.75 Å². The maximum Gasteiger partial charge on any atom is 0.214 e. The minimum Gasteiger partial charge on any atom is -0.496 e. The van der Waals surface area contributed by atoms with Crippen molar-refractivity contribution in [2.24, 2.45) is 0 Å². The van der Waals surface area contributed by atoms with Gasteiger partial charge in [-0.15, -0.1) is 0 Å². The van der Waals surface area contributed by atoms with Crippen molar-refractivity contribution in [3.05, 3.63) is 53.5 Å². The lowest BCUT2D eigenvalue weighted by Crippen LogP contribution is -2.31. The fourth-order valence-corrected chi connectivity index (χ4v) is 2.53. The molecule has 0 radical (unpaired) electrons. The number of aromatic nitrogens is 1. The lowest BCUT2D eigenvalue weighted by molar-refractivity contribution is 0.407. The summed E-state index contributed by atoms with van der Waals surface area (Å²) >= 11 is 0. The minimum absolute atomic E-state index is 0.436. The van der Waals surface area contributed by atoms with E-state index in [4.69, 9.17) is 4.74 Å². The molecular weight excluding hydrogens is 243 g/mol. The van der Waals surface area contributed by atoms with Crippen LogP contribution in [0.4, 0.5) is 10.2 Å². The number of methoxy groups -OCH3 is 1. The largest absolute Gasteiger partial charge is 0.496 e. The van der Waals surface area contributed by atoms with Crippen LogP contribution in [0.2, 0.25) is 0 Å². The molecule has 0 fully saturated rings. The van der Waals surface area contributed by atoms with E-state index in [9.17, 15) is 4.39 Å². The summed E-state index contributed by atoms with van der Waals surface area (Å²) in [6, 6.07) is 11.0. The van der Waals surface area contributed by atoms with Gasteiger partial charge in [0.1, 0.15) is 11.6 Å². The first-order valence-corrected chi connectivity index (χ1v) is 6.30. The van der Waals surface area contributed by atoms with E-state index < -0.39 is 5.95 Å². The molecule has 0 saturated heterocycles. The lowest BCUT2D eigenvalue weighted by atomic mass is 9.98. The summed E-state index contributed by atoms with van der Waals surface area (Å²) in [6.45, 7) is 1.56. The SMILES string of the molecule is COc1cccc2c1CCN(c1cccc(F)n1)C2. The van der Waals surface area contributed by atoms with Crippen molar-refractivity contribution in [2.75, 3.05) is 18.6 Å². The van der Waals surface area contributed by atoms with Crippen molar-refractivity contribution in [2.45, 2.75) is 13.0 Å². The molecule has 1 aliphatic rings. The molecule has 0 N–H and O–H groups in total. The van der Waals surface area contributed by atoms with Crippen LogP contribution in [0.5, 0.6) is 5.75 Å². The number of anilines is 1. The normalized spacial score (nSPS) is 14.1. The highest BCUT2D eigenvalue weighted by molar-refractivity contribution is 5.48. The summed E-state index contributed by atoms with van der Waals surface area (Å²) in [7, 11) is 1.69. The summed E-state index contributed by atoms with van der Waals surface area (Å²) in [5.74, 6) is 1.19. The van der Waals surface area contributed by atoms with Crippen molar-refractivity contribution >= 4 is 5.82 Å². The number of hydrogen-bond donors (Lipinski definition) is 0. The van der Waals surface area contributed by atoms with Crippen molar-refractivity contribution in [3.63, 3.8) is 0 Å². The molecule has 3 rings (SSSR count). The number of rotatable bonds is 2. The van der Waals surface area contributed by atoms with E-state index in [0.717, 1.165) is 25.3 Å².